The van der Waals surface area contributed by atoms with Gasteiger partial charge in [-0.3, -0.25) is 0 Å². The Bertz CT molecular complexity index is 443. The fourth-order valence-corrected chi connectivity index (χ4v) is 1.16. The van der Waals surface area contributed by atoms with Crippen molar-refractivity contribution in [3.8, 4) is 5.82 Å². The van der Waals surface area contributed by atoms with Gasteiger partial charge < -0.3 is 4.74 Å². The maximum atomic E-state index is 13.2. The Labute approximate surface area is 85.5 Å². The van der Waals surface area contributed by atoms with E-state index in [1.54, 1.807) is 0 Å². The lowest BCUT2D eigenvalue weighted by atomic mass is 10.3. The van der Waals surface area contributed by atoms with Crippen LogP contribution in [-0.2, 0) is 11.3 Å². The van der Waals surface area contributed by atoms with E-state index in [1.807, 2.05) is 0 Å². The first-order valence-corrected chi connectivity index (χ1v) is 4.32. The van der Waals surface area contributed by atoms with Crippen molar-refractivity contribution in [3.05, 3.63) is 36.0 Å². The molecule has 2 rings (SSSR count). The van der Waals surface area contributed by atoms with Gasteiger partial charge in [-0.1, -0.05) is 0 Å². The minimum absolute atomic E-state index is 0.126. The summed E-state index contributed by atoms with van der Waals surface area (Å²) in [6.45, 7) is 0.126. The number of methoxy groups -OCH3 is 1. The van der Waals surface area contributed by atoms with Crippen LogP contribution in [0, 0.1) is 5.82 Å². The summed E-state index contributed by atoms with van der Waals surface area (Å²) in [4.78, 5) is 5.36. The fourth-order valence-electron chi connectivity index (χ4n) is 1.16. The molecular weight excluding hydrogens is 199 g/mol. The molecule has 0 bridgehead atoms. The zero-order chi connectivity index (χ0) is 10.7. The molecule has 0 fully saturated rings. The Morgan fingerprint density at radius 3 is 2.73 bits per heavy atom. The molecule has 0 aliphatic carbocycles. The van der Waals surface area contributed by atoms with E-state index in [-0.39, 0.29) is 12.3 Å². The van der Waals surface area contributed by atoms with E-state index in [4.69, 9.17) is 4.74 Å². The van der Waals surface area contributed by atoms with Gasteiger partial charge in [0.2, 0.25) is 0 Å². The van der Waals surface area contributed by atoms with Crippen LogP contribution in [-0.4, -0.2) is 27.1 Å². The normalized spacial score (nSPS) is 10.5. The van der Waals surface area contributed by atoms with E-state index in [0.29, 0.717) is 5.82 Å². The van der Waals surface area contributed by atoms with Crippen molar-refractivity contribution in [2.45, 2.75) is 6.61 Å². The van der Waals surface area contributed by atoms with Gasteiger partial charge in [0, 0.05) is 7.11 Å². The lowest BCUT2D eigenvalue weighted by molar-refractivity contribution is 0.177. The first kappa shape index (κ1) is 9.72. The van der Waals surface area contributed by atoms with Gasteiger partial charge in [0.1, 0.15) is 11.5 Å². The third-order valence-electron chi connectivity index (χ3n) is 1.81. The summed E-state index contributed by atoms with van der Waals surface area (Å²) in [6, 6.07) is 2.83. The summed E-state index contributed by atoms with van der Waals surface area (Å²) in [5.74, 6) is 0.0706. The van der Waals surface area contributed by atoms with E-state index >= 15 is 0 Å². The number of nitrogens with zero attached hydrogens (tertiary/aromatic N) is 4. The van der Waals surface area contributed by atoms with Crippen LogP contribution >= 0.6 is 0 Å². The molecule has 78 valence electrons. The molecule has 0 N–H and O–H groups in total. The van der Waals surface area contributed by atoms with Gasteiger partial charge in [-0.25, -0.2) is 9.37 Å². The molecule has 15 heavy (non-hydrogen) atoms. The molecule has 0 aromatic carbocycles. The maximum Gasteiger partial charge on any atom is 0.174 e. The quantitative estimate of drug-likeness (QED) is 0.753. The second-order valence-electron chi connectivity index (χ2n) is 2.85. The number of hydrogen-bond donors (Lipinski definition) is 0. The highest BCUT2D eigenvalue weighted by Crippen LogP contribution is 2.08. The second-order valence-corrected chi connectivity index (χ2v) is 2.85. The maximum absolute atomic E-state index is 13.2. The van der Waals surface area contributed by atoms with E-state index in [0.717, 1.165) is 0 Å². The number of ether oxygens (including phenoxy) is 1. The Kier molecular flexibility index (Phi) is 2.68. The van der Waals surface area contributed by atoms with Crippen LogP contribution in [0.5, 0.6) is 0 Å². The van der Waals surface area contributed by atoms with Crippen LogP contribution in [0.15, 0.2) is 24.5 Å². The van der Waals surface area contributed by atoms with Gasteiger partial charge in [0.25, 0.3) is 0 Å². The van der Waals surface area contributed by atoms with Gasteiger partial charge in [-0.05, 0) is 12.1 Å². The Morgan fingerprint density at radius 2 is 2.07 bits per heavy atom. The Hall–Kier alpha value is -1.82. The average Bonchev–Trinajstić information content (AvgIpc) is 2.75. The molecule has 2 aromatic heterocycles. The molecule has 0 aliphatic heterocycles. The van der Waals surface area contributed by atoms with Crippen molar-refractivity contribution < 1.29 is 9.13 Å². The highest BCUT2D eigenvalue weighted by atomic mass is 19.1. The minimum atomic E-state index is -0.396. The predicted molar refractivity (Wildman–Crippen MR) is 49.8 cm³/mol. The van der Waals surface area contributed by atoms with Crippen LogP contribution in [0.3, 0.4) is 0 Å². The van der Waals surface area contributed by atoms with E-state index in [1.165, 1.54) is 36.4 Å². The molecule has 0 amide bonds. The number of hydrogen-bond acceptors (Lipinski definition) is 4. The van der Waals surface area contributed by atoms with Gasteiger partial charge in [0.05, 0.1) is 19.0 Å². The zero-order valence-electron chi connectivity index (χ0n) is 8.09. The van der Waals surface area contributed by atoms with Crippen molar-refractivity contribution in [1.29, 1.82) is 0 Å². The SMILES string of the molecule is COCc1nc(-n2nccn2)ccc1F. The standard InChI is InChI=1S/C9H9FN4O/c1-15-6-8-7(10)2-3-9(13-8)14-11-4-5-12-14/h2-5H,6H2,1H3. The van der Waals surface area contributed by atoms with E-state index in [2.05, 4.69) is 15.2 Å². The summed E-state index contributed by atoms with van der Waals surface area (Å²) >= 11 is 0. The Morgan fingerprint density at radius 1 is 1.33 bits per heavy atom. The summed E-state index contributed by atoms with van der Waals surface area (Å²) in [5.41, 5.74) is 0.243. The topological polar surface area (TPSA) is 52.8 Å². The first-order chi connectivity index (χ1) is 7.31. The van der Waals surface area contributed by atoms with Gasteiger partial charge in [-0.15, -0.1) is 4.80 Å². The molecule has 0 atom stereocenters. The van der Waals surface area contributed by atoms with Gasteiger partial charge in [-0.2, -0.15) is 10.2 Å². The zero-order valence-corrected chi connectivity index (χ0v) is 8.09. The number of pyridine rings is 1. The van der Waals surface area contributed by atoms with Crippen LogP contribution in [0.2, 0.25) is 0 Å². The third kappa shape index (κ3) is 1.99. The fraction of sp³-hybridized carbons (Fsp3) is 0.222. The van der Waals surface area contributed by atoms with Crippen molar-refractivity contribution in [2.75, 3.05) is 7.11 Å². The third-order valence-corrected chi connectivity index (χ3v) is 1.81. The highest BCUT2D eigenvalue weighted by Gasteiger charge is 2.06. The van der Waals surface area contributed by atoms with Crippen molar-refractivity contribution in [1.82, 2.24) is 20.0 Å². The largest absolute Gasteiger partial charge is 0.378 e. The minimum Gasteiger partial charge on any atom is -0.378 e. The van der Waals surface area contributed by atoms with E-state index in [9.17, 15) is 4.39 Å². The van der Waals surface area contributed by atoms with Crippen molar-refractivity contribution in [2.24, 2.45) is 0 Å². The predicted octanol–water partition coefficient (Wildman–Crippen LogP) is 0.948. The van der Waals surface area contributed by atoms with Gasteiger partial charge in [0.15, 0.2) is 5.82 Å². The monoisotopic (exact) mass is 208 g/mol. The molecule has 0 saturated carbocycles. The molecule has 0 saturated heterocycles. The van der Waals surface area contributed by atoms with Crippen LogP contribution < -0.4 is 0 Å². The Balaban J connectivity index is 2.38. The molecule has 0 spiro atoms. The smallest absolute Gasteiger partial charge is 0.174 e. The highest BCUT2D eigenvalue weighted by molar-refractivity contribution is 5.22. The summed E-state index contributed by atoms with van der Waals surface area (Å²) in [6.07, 6.45) is 3.06. The molecule has 5 nitrogen and oxygen atoms in total. The molecule has 0 radical (unpaired) electrons. The molecule has 0 unspecified atom stereocenters. The van der Waals surface area contributed by atoms with Crippen LogP contribution in [0.4, 0.5) is 4.39 Å². The molecule has 2 aromatic rings. The molecule has 6 heteroatoms. The van der Waals surface area contributed by atoms with Crippen LogP contribution in [0.25, 0.3) is 5.82 Å². The van der Waals surface area contributed by atoms with Crippen LogP contribution in [0.1, 0.15) is 5.69 Å². The second kappa shape index (κ2) is 4.14. The molecule has 0 aliphatic rings. The van der Waals surface area contributed by atoms with Crippen molar-refractivity contribution in [3.63, 3.8) is 0 Å². The van der Waals surface area contributed by atoms with Gasteiger partial charge >= 0.3 is 0 Å². The average molecular weight is 208 g/mol. The molecule has 2 heterocycles. The number of rotatable bonds is 3. The number of halogens is 1. The lowest BCUT2D eigenvalue weighted by Gasteiger charge is -2.03. The lowest BCUT2D eigenvalue weighted by Crippen LogP contribution is -2.05. The number of aromatic nitrogens is 4. The summed E-state index contributed by atoms with van der Waals surface area (Å²) in [5, 5.41) is 7.79. The summed E-state index contributed by atoms with van der Waals surface area (Å²) in [7, 11) is 1.49. The van der Waals surface area contributed by atoms with E-state index < -0.39 is 5.82 Å². The summed E-state index contributed by atoms with van der Waals surface area (Å²) < 4.78 is 18.0. The first-order valence-electron chi connectivity index (χ1n) is 4.32. The van der Waals surface area contributed by atoms with Crippen molar-refractivity contribution >= 4 is 0 Å². The molecular formula is C9H9FN4O.